The third-order valence-corrected chi connectivity index (χ3v) is 2.69. The second-order valence-corrected chi connectivity index (χ2v) is 4.29. The van der Waals surface area contributed by atoms with Crippen molar-refractivity contribution in [2.45, 2.75) is 0 Å². The van der Waals surface area contributed by atoms with E-state index in [0.717, 1.165) is 12.1 Å². The van der Waals surface area contributed by atoms with Gasteiger partial charge < -0.3 is 15.4 Å². The van der Waals surface area contributed by atoms with Crippen molar-refractivity contribution in [2.24, 2.45) is 0 Å². The Labute approximate surface area is 125 Å². The van der Waals surface area contributed by atoms with Crippen LogP contribution in [0.5, 0.6) is 0 Å². The predicted molar refractivity (Wildman–Crippen MR) is 76.7 cm³/mol. The minimum absolute atomic E-state index is 0.0969. The zero-order valence-corrected chi connectivity index (χ0v) is 11.8. The molecule has 8 heteroatoms. The molecule has 0 aliphatic heterocycles. The van der Waals surface area contributed by atoms with E-state index < -0.39 is 17.5 Å². The topological polar surface area (TPSA) is 76.1 Å². The Kier molecular flexibility index (Phi) is 5.31. The van der Waals surface area contributed by atoms with E-state index in [9.17, 15) is 13.6 Å². The van der Waals surface area contributed by atoms with Crippen LogP contribution >= 0.6 is 0 Å². The first-order valence-corrected chi connectivity index (χ1v) is 6.41. The number of nitrogens with one attached hydrogen (secondary N) is 2. The van der Waals surface area contributed by atoms with E-state index in [1.54, 1.807) is 7.11 Å². The monoisotopic (exact) mass is 308 g/mol. The van der Waals surface area contributed by atoms with Crippen LogP contribution in [-0.4, -0.2) is 36.1 Å². The van der Waals surface area contributed by atoms with Gasteiger partial charge in [0.2, 0.25) is 0 Å². The van der Waals surface area contributed by atoms with Crippen molar-refractivity contribution in [3.8, 4) is 0 Å². The van der Waals surface area contributed by atoms with Gasteiger partial charge in [-0.3, -0.25) is 4.79 Å². The Morgan fingerprint density at radius 1 is 1.23 bits per heavy atom. The molecule has 0 bridgehead atoms. The maximum Gasteiger partial charge on any atom is 0.274 e. The van der Waals surface area contributed by atoms with Gasteiger partial charge in [0, 0.05) is 31.5 Å². The summed E-state index contributed by atoms with van der Waals surface area (Å²) in [6.07, 6.45) is 1.23. The minimum Gasteiger partial charge on any atom is -0.383 e. The highest BCUT2D eigenvalue weighted by atomic mass is 19.2. The molecule has 0 aliphatic rings. The van der Waals surface area contributed by atoms with E-state index in [1.165, 1.54) is 18.5 Å². The number of aromatic nitrogens is 2. The van der Waals surface area contributed by atoms with E-state index in [0.29, 0.717) is 19.0 Å². The molecule has 2 rings (SSSR count). The molecule has 2 N–H and O–H groups in total. The summed E-state index contributed by atoms with van der Waals surface area (Å²) in [5.41, 5.74) is 0.232. The number of ether oxygens (including phenoxy) is 1. The number of hydrogen-bond acceptors (Lipinski definition) is 5. The fraction of sp³-hybridized carbons (Fsp3) is 0.214. The first kappa shape index (κ1) is 15.8. The fourth-order valence-corrected chi connectivity index (χ4v) is 1.63. The average Bonchev–Trinajstić information content (AvgIpc) is 2.51. The maximum atomic E-state index is 13.1. The molecule has 0 fully saturated rings. The van der Waals surface area contributed by atoms with Gasteiger partial charge in [-0.15, -0.1) is 0 Å². The van der Waals surface area contributed by atoms with Gasteiger partial charge in [-0.1, -0.05) is 0 Å². The lowest BCUT2D eigenvalue weighted by molar-refractivity contribution is 0.102. The van der Waals surface area contributed by atoms with Crippen LogP contribution in [-0.2, 0) is 4.74 Å². The van der Waals surface area contributed by atoms with Gasteiger partial charge in [-0.2, -0.15) is 0 Å². The van der Waals surface area contributed by atoms with Crippen LogP contribution in [0.4, 0.5) is 20.3 Å². The Bertz CT molecular complexity index is 667. The van der Waals surface area contributed by atoms with Gasteiger partial charge >= 0.3 is 0 Å². The summed E-state index contributed by atoms with van der Waals surface area (Å²) in [6, 6.07) is 4.54. The molecule has 0 saturated carbocycles. The van der Waals surface area contributed by atoms with Crippen molar-refractivity contribution in [3.05, 3.63) is 47.9 Å². The predicted octanol–water partition coefficient (Wildman–Crippen LogP) is 2.07. The summed E-state index contributed by atoms with van der Waals surface area (Å²) in [4.78, 5) is 19.8. The van der Waals surface area contributed by atoms with Gasteiger partial charge in [-0.25, -0.2) is 18.7 Å². The highest BCUT2D eigenvalue weighted by Crippen LogP contribution is 2.14. The first-order chi connectivity index (χ1) is 10.6. The van der Waals surface area contributed by atoms with Crippen LogP contribution in [0.15, 0.2) is 30.6 Å². The third kappa shape index (κ3) is 4.19. The van der Waals surface area contributed by atoms with E-state index in [-0.39, 0.29) is 11.4 Å². The number of nitrogens with zero attached hydrogens (tertiary/aromatic N) is 2. The minimum atomic E-state index is -1.04. The van der Waals surface area contributed by atoms with Gasteiger partial charge in [0.05, 0.1) is 6.61 Å². The molecular formula is C14H14F2N4O2. The zero-order valence-electron chi connectivity index (χ0n) is 11.8. The van der Waals surface area contributed by atoms with Crippen molar-refractivity contribution >= 4 is 17.4 Å². The Morgan fingerprint density at radius 2 is 2.05 bits per heavy atom. The fourth-order valence-electron chi connectivity index (χ4n) is 1.63. The molecule has 1 amide bonds. The van der Waals surface area contributed by atoms with Gasteiger partial charge in [0.25, 0.3) is 5.91 Å². The van der Waals surface area contributed by atoms with Gasteiger partial charge in [-0.05, 0) is 12.1 Å². The quantitative estimate of drug-likeness (QED) is 0.799. The van der Waals surface area contributed by atoms with Gasteiger partial charge in [0.1, 0.15) is 17.8 Å². The Hall–Kier alpha value is -2.61. The molecular weight excluding hydrogens is 294 g/mol. The average molecular weight is 308 g/mol. The Balaban J connectivity index is 2.05. The van der Waals surface area contributed by atoms with E-state index in [4.69, 9.17) is 4.74 Å². The summed E-state index contributed by atoms with van der Waals surface area (Å²) in [5.74, 6) is -2.11. The van der Waals surface area contributed by atoms with Crippen LogP contribution in [0.25, 0.3) is 0 Å². The molecule has 22 heavy (non-hydrogen) atoms. The Morgan fingerprint density at radius 3 is 2.77 bits per heavy atom. The molecule has 1 heterocycles. The largest absolute Gasteiger partial charge is 0.383 e. The van der Waals surface area contributed by atoms with Gasteiger partial charge in [0.15, 0.2) is 11.6 Å². The van der Waals surface area contributed by atoms with Crippen molar-refractivity contribution < 1.29 is 18.3 Å². The standard InChI is InChI=1S/C14H14F2N4O2/c1-22-5-4-17-13-7-12(18-8-19-13)14(21)20-9-2-3-10(15)11(16)6-9/h2-3,6-8H,4-5H2,1H3,(H,20,21)(H,17,18,19). The number of amides is 1. The first-order valence-electron chi connectivity index (χ1n) is 6.41. The molecule has 0 saturated heterocycles. The lowest BCUT2D eigenvalue weighted by Gasteiger charge is -2.07. The molecule has 0 aliphatic carbocycles. The molecule has 2 aromatic rings. The molecule has 0 atom stereocenters. The van der Waals surface area contributed by atoms with Crippen molar-refractivity contribution in [1.29, 1.82) is 0 Å². The highest BCUT2D eigenvalue weighted by Gasteiger charge is 2.10. The molecule has 0 radical (unpaired) electrons. The van der Waals surface area contributed by atoms with E-state index in [2.05, 4.69) is 20.6 Å². The number of benzene rings is 1. The van der Waals surface area contributed by atoms with Crippen molar-refractivity contribution in [2.75, 3.05) is 30.9 Å². The smallest absolute Gasteiger partial charge is 0.274 e. The van der Waals surface area contributed by atoms with Crippen LogP contribution in [0.3, 0.4) is 0 Å². The molecule has 6 nitrogen and oxygen atoms in total. The number of carbonyl (C=O) groups is 1. The summed E-state index contributed by atoms with van der Waals surface area (Å²) in [7, 11) is 1.57. The van der Waals surface area contributed by atoms with Crippen LogP contribution in [0.1, 0.15) is 10.5 Å². The SMILES string of the molecule is COCCNc1cc(C(=O)Nc2ccc(F)c(F)c2)ncn1. The maximum absolute atomic E-state index is 13.1. The van der Waals surface area contributed by atoms with E-state index in [1.807, 2.05) is 0 Å². The second-order valence-electron chi connectivity index (χ2n) is 4.29. The number of methoxy groups -OCH3 is 1. The second kappa shape index (κ2) is 7.41. The molecule has 1 aromatic carbocycles. The number of anilines is 2. The van der Waals surface area contributed by atoms with E-state index >= 15 is 0 Å². The van der Waals surface area contributed by atoms with Crippen LogP contribution in [0.2, 0.25) is 0 Å². The zero-order chi connectivity index (χ0) is 15.9. The third-order valence-electron chi connectivity index (χ3n) is 2.69. The molecule has 116 valence electrons. The van der Waals surface area contributed by atoms with Crippen molar-refractivity contribution in [3.63, 3.8) is 0 Å². The number of carbonyl (C=O) groups excluding carboxylic acids is 1. The molecule has 0 unspecified atom stereocenters. The lowest BCUT2D eigenvalue weighted by atomic mass is 10.3. The lowest BCUT2D eigenvalue weighted by Crippen LogP contribution is -2.15. The number of rotatable bonds is 6. The highest BCUT2D eigenvalue weighted by molar-refractivity contribution is 6.03. The van der Waals surface area contributed by atoms with Crippen molar-refractivity contribution in [1.82, 2.24) is 9.97 Å². The number of halogens is 2. The summed E-state index contributed by atoms with van der Waals surface area (Å²) >= 11 is 0. The van der Waals surface area contributed by atoms with Crippen LogP contribution < -0.4 is 10.6 Å². The van der Waals surface area contributed by atoms with Crippen LogP contribution in [0, 0.1) is 11.6 Å². The normalized spacial score (nSPS) is 10.3. The summed E-state index contributed by atoms with van der Waals surface area (Å²) < 4.78 is 30.8. The summed E-state index contributed by atoms with van der Waals surface area (Å²) in [5, 5.41) is 5.39. The molecule has 1 aromatic heterocycles. The number of hydrogen-bond donors (Lipinski definition) is 2. The molecule has 0 spiro atoms. The summed E-state index contributed by atoms with van der Waals surface area (Å²) in [6.45, 7) is 1.01.